The predicted molar refractivity (Wildman–Crippen MR) is 75.3 cm³/mol. The van der Waals surface area contributed by atoms with Crippen molar-refractivity contribution in [1.29, 1.82) is 0 Å². The Labute approximate surface area is 117 Å². The SMILES string of the molecule is CN(C)CCN(C)C(=O)Nc1ccc(O)c(C(=O)O)c1. The number of amides is 2. The number of nitrogens with one attached hydrogen (secondary N) is 1. The van der Waals surface area contributed by atoms with Gasteiger partial charge in [-0.25, -0.2) is 9.59 Å². The van der Waals surface area contributed by atoms with Crippen LogP contribution in [0.15, 0.2) is 18.2 Å². The Morgan fingerprint density at radius 2 is 1.85 bits per heavy atom. The van der Waals surface area contributed by atoms with Crippen LogP contribution in [0.2, 0.25) is 0 Å². The summed E-state index contributed by atoms with van der Waals surface area (Å²) in [5, 5.41) is 20.9. The molecule has 0 bridgehead atoms. The lowest BCUT2D eigenvalue weighted by Crippen LogP contribution is -2.36. The lowest BCUT2D eigenvalue weighted by atomic mass is 10.2. The number of anilines is 1. The Morgan fingerprint density at radius 1 is 1.20 bits per heavy atom. The molecule has 3 N–H and O–H groups in total. The van der Waals surface area contributed by atoms with Gasteiger partial charge in [-0.3, -0.25) is 0 Å². The lowest BCUT2D eigenvalue weighted by molar-refractivity contribution is 0.0693. The average Bonchev–Trinajstić information content (AvgIpc) is 2.37. The Balaban J connectivity index is 2.71. The molecular formula is C13H19N3O4. The Morgan fingerprint density at radius 3 is 2.40 bits per heavy atom. The smallest absolute Gasteiger partial charge is 0.339 e. The lowest BCUT2D eigenvalue weighted by Gasteiger charge is -2.20. The third kappa shape index (κ3) is 4.43. The third-order valence-electron chi connectivity index (χ3n) is 2.71. The van der Waals surface area contributed by atoms with Gasteiger partial charge < -0.3 is 25.3 Å². The van der Waals surface area contributed by atoms with Crippen molar-refractivity contribution in [2.45, 2.75) is 0 Å². The molecule has 0 atom stereocenters. The van der Waals surface area contributed by atoms with Crippen LogP contribution in [0.4, 0.5) is 10.5 Å². The van der Waals surface area contributed by atoms with Gasteiger partial charge in [0.15, 0.2) is 0 Å². The van der Waals surface area contributed by atoms with E-state index in [1.807, 2.05) is 19.0 Å². The number of aromatic hydroxyl groups is 1. The molecule has 1 aromatic carbocycles. The molecule has 7 nitrogen and oxygen atoms in total. The first-order chi connectivity index (χ1) is 9.31. The molecule has 0 saturated heterocycles. The highest BCUT2D eigenvalue weighted by atomic mass is 16.4. The quantitative estimate of drug-likeness (QED) is 0.703. The van der Waals surface area contributed by atoms with Crippen LogP contribution in [0.3, 0.4) is 0 Å². The van der Waals surface area contributed by atoms with Crippen LogP contribution in [-0.4, -0.2) is 66.2 Å². The molecule has 7 heteroatoms. The zero-order valence-electron chi connectivity index (χ0n) is 11.8. The minimum atomic E-state index is -1.25. The highest BCUT2D eigenvalue weighted by molar-refractivity contribution is 5.95. The number of phenols is 1. The maximum absolute atomic E-state index is 11.9. The van der Waals surface area contributed by atoms with Crippen molar-refractivity contribution in [3.05, 3.63) is 23.8 Å². The molecule has 0 aliphatic heterocycles. The summed E-state index contributed by atoms with van der Waals surface area (Å²) in [5.74, 6) is -1.59. The second-order valence-corrected chi connectivity index (χ2v) is 4.69. The first kappa shape index (κ1) is 15.8. The number of hydrogen-bond donors (Lipinski definition) is 3. The van der Waals surface area contributed by atoms with Gasteiger partial charge in [-0.1, -0.05) is 0 Å². The fourth-order valence-corrected chi connectivity index (χ4v) is 1.46. The van der Waals surface area contributed by atoms with E-state index in [1.165, 1.54) is 23.1 Å². The van der Waals surface area contributed by atoms with Gasteiger partial charge in [0.2, 0.25) is 0 Å². The summed E-state index contributed by atoms with van der Waals surface area (Å²) < 4.78 is 0. The maximum Gasteiger partial charge on any atom is 0.339 e. The van der Waals surface area contributed by atoms with E-state index in [4.69, 9.17) is 5.11 Å². The largest absolute Gasteiger partial charge is 0.507 e. The van der Waals surface area contributed by atoms with E-state index in [1.54, 1.807) is 7.05 Å². The maximum atomic E-state index is 11.9. The Kier molecular flexibility index (Phi) is 5.33. The molecule has 0 spiro atoms. The normalized spacial score (nSPS) is 10.4. The summed E-state index contributed by atoms with van der Waals surface area (Å²) in [6, 6.07) is 3.56. The first-order valence-corrected chi connectivity index (χ1v) is 6.04. The fourth-order valence-electron chi connectivity index (χ4n) is 1.46. The number of hydrogen-bond acceptors (Lipinski definition) is 4. The second kappa shape index (κ2) is 6.76. The van der Waals surface area contributed by atoms with Crippen molar-refractivity contribution in [2.75, 3.05) is 39.5 Å². The van der Waals surface area contributed by atoms with Gasteiger partial charge in [-0.2, -0.15) is 0 Å². The molecule has 0 fully saturated rings. The average molecular weight is 281 g/mol. The van der Waals surface area contributed by atoms with Crippen molar-refractivity contribution in [3.63, 3.8) is 0 Å². The monoisotopic (exact) mass is 281 g/mol. The molecule has 0 unspecified atom stereocenters. The van der Waals surface area contributed by atoms with Gasteiger partial charge in [-0.15, -0.1) is 0 Å². The molecule has 1 aromatic rings. The van der Waals surface area contributed by atoms with Crippen molar-refractivity contribution >= 4 is 17.7 Å². The van der Waals surface area contributed by atoms with E-state index in [2.05, 4.69) is 5.32 Å². The van der Waals surface area contributed by atoms with Crippen LogP contribution in [0, 0.1) is 0 Å². The van der Waals surface area contributed by atoms with Gasteiger partial charge in [0.05, 0.1) is 0 Å². The zero-order chi connectivity index (χ0) is 15.3. The zero-order valence-corrected chi connectivity index (χ0v) is 11.8. The van der Waals surface area contributed by atoms with Crippen molar-refractivity contribution < 1.29 is 19.8 Å². The van der Waals surface area contributed by atoms with Gasteiger partial charge in [0.1, 0.15) is 11.3 Å². The van der Waals surface area contributed by atoms with Crippen LogP contribution in [0.5, 0.6) is 5.75 Å². The van der Waals surface area contributed by atoms with Crippen molar-refractivity contribution in [3.8, 4) is 5.75 Å². The van der Waals surface area contributed by atoms with Crippen LogP contribution < -0.4 is 5.32 Å². The summed E-state index contributed by atoms with van der Waals surface area (Å²) in [7, 11) is 5.47. The number of carbonyl (C=O) groups excluding carboxylic acids is 1. The molecule has 0 aliphatic rings. The molecule has 0 heterocycles. The van der Waals surface area contributed by atoms with E-state index in [0.29, 0.717) is 12.2 Å². The van der Waals surface area contributed by atoms with Crippen LogP contribution in [-0.2, 0) is 0 Å². The number of rotatable bonds is 5. The predicted octanol–water partition coefficient (Wildman–Crippen LogP) is 1.12. The summed E-state index contributed by atoms with van der Waals surface area (Å²) in [6.07, 6.45) is 0. The number of aromatic carboxylic acids is 1. The fraction of sp³-hybridized carbons (Fsp3) is 0.385. The molecule has 1 rings (SSSR count). The highest BCUT2D eigenvalue weighted by Crippen LogP contribution is 2.21. The number of urea groups is 1. The summed E-state index contributed by atoms with van der Waals surface area (Å²) in [5.41, 5.74) is 0.0700. The molecule has 110 valence electrons. The molecule has 20 heavy (non-hydrogen) atoms. The van der Waals surface area contributed by atoms with Crippen LogP contribution in [0.25, 0.3) is 0 Å². The minimum absolute atomic E-state index is 0.251. The Hall–Kier alpha value is -2.28. The highest BCUT2D eigenvalue weighted by Gasteiger charge is 2.13. The minimum Gasteiger partial charge on any atom is -0.507 e. The van der Waals surface area contributed by atoms with E-state index in [9.17, 15) is 14.7 Å². The van der Waals surface area contributed by atoms with Gasteiger partial charge in [0, 0.05) is 25.8 Å². The van der Waals surface area contributed by atoms with E-state index in [0.717, 1.165) is 6.54 Å². The standard InChI is InChI=1S/C13H19N3O4/c1-15(2)6-7-16(3)13(20)14-9-4-5-11(17)10(8-9)12(18)19/h4-5,8,17H,6-7H2,1-3H3,(H,14,20)(H,18,19). The number of carbonyl (C=O) groups is 2. The number of carboxylic acid groups (broad SMARTS) is 1. The first-order valence-electron chi connectivity index (χ1n) is 6.04. The van der Waals surface area contributed by atoms with E-state index < -0.39 is 5.97 Å². The molecule has 0 aliphatic carbocycles. The van der Waals surface area contributed by atoms with Gasteiger partial charge >= 0.3 is 12.0 Å². The number of likely N-dealkylation sites (N-methyl/N-ethyl adjacent to an activating group) is 2. The Bertz CT molecular complexity index is 502. The molecule has 0 radical (unpaired) electrons. The topological polar surface area (TPSA) is 93.1 Å². The summed E-state index contributed by atoms with van der Waals surface area (Å²) in [6.45, 7) is 1.27. The molecule has 0 saturated carbocycles. The van der Waals surface area contributed by atoms with Crippen LogP contribution in [0.1, 0.15) is 10.4 Å². The third-order valence-corrected chi connectivity index (χ3v) is 2.71. The van der Waals surface area contributed by atoms with Gasteiger partial charge in [-0.05, 0) is 32.3 Å². The van der Waals surface area contributed by atoms with E-state index in [-0.39, 0.29) is 17.3 Å². The number of benzene rings is 1. The summed E-state index contributed by atoms with van der Waals surface area (Å²) in [4.78, 5) is 26.2. The van der Waals surface area contributed by atoms with Gasteiger partial charge in [0.25, 0.3) is 0 Å². The van der Waals surface area contributed by atoms with Crippen molar-refractivity contribution in [2.24, 2.45) is 0 Å². The molecule has 2 amide bonds. The van der Waals surface area contributed by atoms with E-state index >= 15 is 0 Å². The second-order valence-electron chi connectivity index (χ2n) is 4.69. The number of nitrogens with zero attached hydrogens (tertiary/aromatic N) is 2. The number of carboxylic acids is 1. The van der Waals surface area contributed by atoms with Crippen LogP contribution >= 0.6 is 0 Å². The molecular weight excluding hydrogens is 262 g/mol. The molecule has 0 aromatic heterocycles. The summed E-state index contributed by atoms with van der Waals surface area (Å²) >= 11 is 0. The van der Waals surface area contributed by atoms with Crippen molar-refractivity contribution in [1.82, 2.24) is 9.80 Å².